The van der Waals surface area contributed by atoms with Crippen LogP contribution in [-0.4, -0.2) is 34.6 Å². The standard InChI is InChI=1S/C31H29N7O2/c1-19-15-16-25(17-20(19)2)36-18-26(32-35-36)29(27-21(3)33-37(30(27)39)23-11-7-5-8-12-23)28-22(4)34-38(31(28)40)24-13-9-6-10-14-24/h5-18,29,33-34H,1-4H3. The number of aromatic nitrogens is 7. The Bertz CT molecular complexity index is 1840. The molecule has 0 radical (unpaired) electrons. The number of nitrogens with one attached hydrogen (secondary N) is 2. The third-order valence-corrected chi connectivity index (χ3v) is 7.40. The van der Waals surface area contributed by atoms with Gasteiger partial charge in [-0.25, -0.2) is 14.0 Å². The van der Waals surface area contributed by atoms with Crippen LogP contribution in [0.5, 0.6) is 0 Å². The summed E-state index contributed by atoms with van der Waals surface area (Å²) in [4.78, 5) is 28.0. The molecule has 0 aliphatic rings. The second-order valence-corrected chi connectivity index (χ2v) is 10.0. The Labute approximate surface area is 230 Å². The fraction of sp³-hybridized carbons (Fsp3) is 0.161. The van der Waals surface area contributed by atoms with E-state index in [0.29, 0.717) is 39.6 Å². The highest BCUT2D eigenvalue weighted by molar-refractivity contribution is 5.46. The van der Waals surface area contributed by atoms with Gasteiger partial charge in [0, 0.05) is 11.4 Å². The van der Waals surface area contributed by atoms with Gasteiger partial charge in [0.25, 0.3) is 11.1 Å². The molecule has 6 aromatic rings. The fourth-order valence-electron chi connectivity index (χ4n) is 5.16. The van der Waals surface area contributed by atoms with E-state index in [-0.39, 0.29) is 11.1 Å². The maximum Gasteiger partial charge on any atom is 0.275 e. The molecule has 0 aliphatic heterocycles. The number of hydrogen-bond donors (Lipinski definition) is 2. The number of aromatic amines is 2. The predicted molar refractivity (Wildman–Crippen MR) is 154 cm³/mol. The van der Waals surface area contributed by atoms with E-state index in [1.165, 1.54) is 14.9 Å². The second-order valence-electron chi connectivity index (χ2n) is 10.0. The number of para-hydroxylation sites is 2. The van der Waals surface area contributed by atoms with Crippen molar-refractivity contribution in [3.05, 3.63) is 145 Å². The van der Waals surface area contributed by atoms with Crippen LogP contribution in [0.15, 0.2) is 94.6 Å². The van der Waals surface area contributed by atoms with E-state index in [4.69, 9.17) is 0 Å². The highest BCUT2D eigenvalue weighted by Gasteiger charge is 2.33. The Hall–Kier alpha value is -5.18. The van der Waals surface area contributed by atoms with E-state index in [9.17, 15) is 9.59 Å². The molecule has 3 heterocycles. The van der Waals surface area contributed by atoms with Gasteiger partial charge < -0.3 is 0 Å². The fourth-order valence-corrected chi connectivity index (χ4v) is 5.16. The smallest absolute Gasteiger partial charge is 0.275 e. The third kappa shape index (κ3) is 4.21. The van der Waals surface area contributed by atoms with Crippen LogP contribution in [0.1, 0.15) is 45.3 Å². The molecule has 3 aromatic carbocycles. The van der Waals surface area contributed by atoms with Crippen molar-refractivity contribution in [3.8, 4) is 17.1 Å². The molecular formula is C31H29N7O2. The highest BCUT2D eigenvalue weighted by Crippen LogP contribution is 2.31. The quantitative estimate of drug-likeness (QED) is 0.327. The lowest BCUT2D eigenvalue weighted by Gasteiger charge is -2.12. The van der Waals surface area contributed by atoms with Crippen LogP contribution in [0.25, 0.3) is 17.1 Å². The number of rotatable bonds is 6. The van der Waals surface area contributed by atoms with Crippen LogP contribution in [0.2, 0.25) is 0 Å². The molecule has 200 valence electrons. The topological polar surface area (TPSA) is 106 Å². The van der Waals surface area contributed by atoms with Gasteiger partial charge in [0.2, 0.25) is 0 Å². The molecule has 0 aliphatic carbocycles. The largest absolute Gasteiger partial charge is 0.295 e. The van der Waals surface area contributed by atoms with Gasteiger partial charge in [-0.2, -0.15) is 0 Å². The molecule has 2 N–H and O–H groups in total. The van der Waals surface area contributed by atoms with Crippen molar-refractivity contribution in [1.82, 2.24) is 34.6 Å². The molecule has 6 rings (SSSR count). The van der Waals surface area contributed by atoms with Gasteiger partial charge in [-0.05, 0) is 75.2 Å². The van der Waals surface area contributed by atoms with Gasteiger partial charge in [-0.3, -0.25) is 19.8 Å². The lowest BCUT2D eigenvalue weighted by Crippen LogP contribution is -2.25. The number of benzene rings is 3. The summed E-state index contributed by atoms with van der Waals surface area (Å²) < 4.78 is 4.69. The van der Waals surface area contributed by atoms with Crippen molar-refractivity contribution in [1.29, 1.82) is 0 Å². The van der Waals surface area contributed by atoms with E-state index >= 15 is 0 Å². The first-order valence-corrected chi connectivity index (χ1v) is 13.1. The number of nitrogens with zero attached hydrogens (tertiary/aromatic N) is 5. The zero-order valence-electron chi connectivity index (χ0n) is 22.7. The summed E-state index contributed by atoms with van der Waals surface area (Å²) in [5, 5.41) is 15.3. The van der Waals surface area contributed by atoms with E-state index in [1.54, 1.807) is 10.9 Å². The van der Waals surface area contributed by atoms with E-state index in [1.807, 2.05) is 99.6 Å². The molecule has 0 amide bonds. The Morgan fingerprint density at radius 1 is 0.650 bits per heavy atom. The summed E-state index contributed by atoms with van der Waals surface area (Å²) in [6, 6.07) is 24.8. The number of hydrogen-bond acceptors (Lipinski definition) is 4. The zero-order valence-corrected chi connectivity index (χ0v) is 22.7. The Kier molecular flexibility index (Phi) is 6.18. The summed E-state index contributed by atoms with van der Waals surface area (Å²) in [5.41, 5.74) is 6.72. The molecule has 0 bridgehead atoms. The monoisotopic (exact) mass is 531 g/mol. The first-order chi connectivity index (χ1) is 19.3. The molecule has 40 heavy (non-hydrogen) atoms. The van der Waals surface area contributed by atoms with Gasteiger partial charge >= 0.3 is 0 Å². The van der Waals surface area contributed by atoms with E-state index in [2.05, 4.69) is 27.4 Å². The first kappa shape index (κ1) is 25.1. The third-order valence-electron chi connectivity index (χ3n) is 7.40. The van der Waals surface area contributed by atoms with Crippen molar-refractivity contribution >= 4 is 0 Å². The van der Waals surface area contributed by atoms with Crippen molar-refractivity contribution in [2.24, 2.45) is 0 Å². The van der Waals surface area contributed by atoms with E-state index in [0.717, 1.165) is 11.3 Å². The van der Waals surface area contributed by atoms with Crippen LogP contribution in [0, 0.1) is 27.7 Å². The Morgan fingerprint density at radius 3 is 1.68 bits per heavy atom. The minimum atomic E-state index is -0.761. The molecular weight excluding hydrogens is 502 g/mol. The lowest BCUT2D eigenvalue weighted by molar-refractivity contribution is 0.788. The maximum atomic E-state index is 14.0. The molecule has 0 unspecified atom stereocenters. The molecule has 0 fully saturated rings. The molecule has 9 nitrogen and oxygen atoms in total. The van der Waals surface area contributed by atoms with Gasteiger partial charge in [-0.1, -0.05) is 47.7 Å². The van der Waals surface area contributed by atoms with Crippen LogP contribution >= 0.6 is 0 Å². The Balaban J connectivity index is 1.57. The van der Waals surface area contributed by atoms with Crippen LogP contribution in [0.3, 0.4) is 0 Å². The number of aryl methyl sites for hydroxylation is 4. The predicted octanol–water partition coefficient (Wildman–Crippen LogP) is 4.64. The van der Waals surface area contributed by atoms with Crippen molar-refractivity contribution < 1.29 is 0 Å². The molecule has 0 atom stereocenters. The average Bonchev–Trinajstić information content (AvgIpc) is 3.65. The maximum absolute atomic E-state index is 14.0. The minimum absolute atomic E-state index is 0.249. The van der Waals surface area contributed by atoms with Gasteiger partial charge in [-0.15, -0.1) is 5.10 Å². The molecule has 0 saturated carbocycles. The van der Waals surface area contributed by atoms with Crippen LogP contribution in [-0.2, 0) is 0 Å². The second kappa shape index (κ2) is 9.85. The summed E-state index contributed by atoms with van der Waals surface area (Å²) >= 11 is 0. The number of H-pyrrole nitrogens is 2. The van der Waals surface area contributed by atoms with Crippen molar-refractivity contribution in [3.63, 3.8) is 0 Å². The van der Waals surface area contributed by atoms with Gasteiger partial charge in [0.1, 0.15) is 0 Å². The normalized spacial score (nSPS) is 11.4. The molecule has 0 saturated heterocycles. The highest BCUT2D eigenvalue weighted by atomic mass is 16.1. The zero-order chi connectivity index (χ0) is 28.0. The van der Waals surface area contributed by atoms with Crippen LogP contribution < -0.4 is 11.1 Å². The SMILES string of the molecule is Cc1ccc(-n2cc(C(c3c(C)[nH]n(-c4ccccc4)c3=O)c3c(C)[nH]n(-c4ccccc4)c3=O)nn2)cc1C. The van der Waals surface area contributed by atoms with Crippen LogP contribution in [0.4, 0.5) is 0 Å². The summed E-state index contributed by atoms with van der Waals surface area (Å²) in [7, 11) is 0. The molecule has 9 heteroatoms. The van der Waals surface area contributed by atoms with Gasteiger partial charge in [0.05, 0.1) is 46.0 Å². The van der Waals surface area contributed by atoms with E-state index < -0.39 is 5.92 Å². The molecule has 3 aromatic heterocycles. The molecule has 0 spiro atoms. The van der Waals surface area contributed by atoms with Crippen molar-refractivity contribution in [2.75, 3.05) is 0 Å². The average molecular weight is 532 g/mol. The summed E-state index contributed by atoms with van der Waals surface area (Å²) in [5.74, 6) is -0.761. The summed E-state index contributed by atoms with van der Waals surface area (Å²) in [6.07, 6.45) is 1.80. The van der Waals surface area contributed by atoms with Gasteiger partial charge in [0.15, 0.2) is 0 Å². The lowest BCUT2D eigenvalue weighted by atomic mass is 9.89. The van der Waals surface area contributed by atoms with Crippen molar-refractivity contribution in [2.45, 2.75) is 33.6 Å². The minimum Gasteiger partial charge on any atom is -0.295 e. The first-order valence-electron chi connectivity index (χ1n) is 13.1. The Morgan fingerprint density at radius 2 is 1.18 bits per heavy atom. The summed E-state index contributed by atoms with van der Waals surface area (Å²) in [6.45, 7) is 7.79.